The molecular formula is C16H27N2O4+. The molecule has 0 heterocycles. The van der Waals surface area contributed by atoms with Crippen molar-refractivity contribution in [1.29, 1.82) is 0 Å². The molecule has 0 aliphatic heterocycles. The fourth-order valence-electron chi connectivity index (χ4n) is 2.33. The summed E-state index contributed by atoms with van der Waals surface area (Å²) in [4.78, 5) is 10.7. The Balaban J connectivity index is 2.64. The standard InChI is InChI=1S/C16H26N2O4/c1-18(2,10-6-5-7-13(17)16(19)20)12-8-9-14(21-3)15(11-12)22-4/h8-9,11,13H,5-7,10,17H2,1-4H3/p+1. The third kappa shape index (κ3) is 4.89. The number of rotatable bonds is 9. The fourth-order valence-corrected chi connectivity index (χ4v) is 2.33. The van der Waals surface area contributed by atoms with E-state index in [2.05, 4.69) is 14.1 Å². The van der Waals surface area contributed by atoms with Crippen molar-refractivity contribution in [1.82, 2.24) is 4.48 Å². The zero-order valence-corrected chi connectivity index (χ0v) is 13.8. The second-order valence-electron chi connectivity index (χ2n) is 5.89. The molecule has 0 saturated carbocycles. The summed E-state index contributed by atoms with van der Waals surface area (Å²) in [5, 5.41) is 8.77. The van der Waals surface area contributed by atoms with Crippen molar-refractivity contribution < 1.29 is 19.4 Å². The van der Waals surface area contributed by atoms with Gasteiger partial charge in [0.1, 0.15) is 11.7 Å². The number of aliphatic carboxylic acids is 1. The van der Waals surface area contributed by atoms with Gasteiger partial charge in [0.2, 0.25) is 0 Å². The van der Waals surface area contributed by atoms with Crippen LogP contribution in [0.5, 0.6) is 11.5 Å². The van der Waals surface area contributed by atoms with Gasteiger partial charge in [-0.1, -0.05) is 0 Å². The topological polar surface area (TPSA) is 81.8 Å². The van der Waals surface area contributed by atoms with Crippen molar-refractivity contribution in [2.75, 3.05) is 34.9 Å². The van der Waals surface area contributed by atoms with Gasteiger partial charge in [-0.25, -0.2) is 0 Å². The van der Waals surface area contributed by atoms with Crippen LogP contribution in [-0.4, -0.2) is 52.0 Å². The van der Waals surface area contributed by atoms with E-state index < -0.39 is 12.0 Å². The lowest BCUT2D eigenvalue weighted by molar-refractivity contribution is -0.138. The van der Waals surface area contributed by atoms with Crippen molar-refractivity contribution >= 4 is 11.7 Å². The Morgan fingerprint density at radius 1 is 1.23 bits per heavy atom. The van der Waals surface area contributed by atoms with Crippen LogP contribution in [0.1, 0.15) is 19.3 Å². The van der Waals surface area contributed by atoms with E-state index in [0.717, 1.165) is 25.1 Å². The highest BCUT2D eigenvalue weighted by molar-refractivity contribution is 5.72. The number of hydrogen-bond donors (Lipinski definition) is 2. The first-order chi connectivity index (χ1) is 10.3. The smallest absolute Gasteiger partial charge is 0.320 e. The Bertz CT molecular complexity index is 503. The average molecular weight is 311 g/mol. The number of carbonyl (C=O) groups is 1. The number of ether oxygens (including phenoxy) is 2. The zero-order chi connectivity index (χ0) is 16.8. The molecule has 0 saturated heterocycles. The predicted octanol–water partition coefficient (Wildman–Crippen LogP) is 1.85. The van der Waals surface area contributed by atoms with Crippen LogP contribution in [0.15, 0.2) is 18.2 Å². The van der Waals surface area contributed by atoms with E-state index >= 15 is 0 Å². The molecule has 1 aromatic rings. The van der Waals surface area contributed by atoms with Gasteiger partial charge in [-0.05, 0) is 25.3 Å². The van der Waals surface area contributed by atoms with Crippen LogP contribution in [0.4, 0.5) is 5.69 Å². The molecule has 124 valence electrons. The summed E-state index contributed by atoms with van der Waals surface area (Å²) in [6, 6.07) is 5.12. The zero-order valence-electron chi connectivity index (χ0n) is 13.8. The largest absolute Gasteiger partial charge is 0.493 e. The highest BCUT2D eigenvalue weighted by Gasteiger charge is 2.21. The van der Waals surface area contributed by atoms with Crippen LogP contribution in [0.25, 0.3) is 0 Å². The summed E-state index contributed by atoms with van der Waals surface area (Å²) in [5.41, 5.74) is 6.62. The summed E-state index contributed by atoms with van der Waals surface area (Å²) >= 11 is 0. The Hall–Kier alpha value is -1.79. The Kier molecular flexibility index (Phi) is 6.64. The summed E-state index contributed by atoms with van der Waals surface area (Å²) in [7, 11) is 7.45. The van der Waals surface area contributed by atoms with Crippen molar-refractivity contribution in [2.24, 2.45) is 5.73 Å². The highest BCUT2D eigenvalue weighted by Crippen LogP contribution is 2.33. The Morgan fingerprint density at radius 3 is 2.41 bits per heavy atom. The molecule has 1 atom stereocenters. The summed E-state index contributed by atoms with van der Waals surface area (Å²) < 4.78 is 11.3. The number of unbranched alkanes of at least 4 members (excludes halogenated alkanes) is 1. The van der Waals surface area contributed by atoms with Crippen molar-refractivity contribution in [3.63, 3.8) is 0 Å². The first-order valence-corrected chi connectivity index (χ1v) is 7.36. The number of carboxylic acids is 1. The van der Waals surface area contributed by atoms with Crippen molar-refractivity contribution in [2.45, 2.75) is 25.3 Å². The first kappa shape index (κ1) is 18.3. The van der Waals surface area contributed by atoms with Gasteiger partial charge < -0.3 is 20.3 Å². The minimum absolute atomic E-state index is 0.501. The predicted molar refractivity (Wildman–Crippen MR) is 87.5 cm³/mol. The van der Waals surface area contributed by atoms with E-state index in [0.29, 0.717) is 22.4 Å². The number of benzene rings is 1. The first-order valence-electron chi connectivity index (χ1n) is 7.36. The third-order valence-electron chi connectivity index (χ3n) is 3.87. The van der Waals surface area contributed by atoms with Gasteiger partial charge in [-0.2, -0.15) is 0 Å². The lowest BCUT2D eigenvalue weighted by Crippen LogP contribution is -2.41. The van der Waals surface area contributed by atoms with Crippen LogP contribution < -0.4 is 19.7 Å². The van der Waals surface area contributed by atoms with Crippen LogP contribution in [0.3, 0.4) is 0 Å². The maximum Gasteiger partial charge on any atom is 0.320 e. The third-order valence-corrected chi connectivity index (χ3v) is 3.87. The van der Waals surface area contributed by atoms with Crippen LogP contribution >= 0.6 is 0 Å². The van der Waals surface area contributed by atoms with Gasteiger partial charge in [0.05, 0.1) is 34.9 Å². The highest BCUT2D eigenvalue weighted by atomic mass is 16.5. The van der Waals surface area contributed by atoms with Gasteiger partial charge in [-0.3, -0.25) is 9.28 Å². The molecule has 0 fully saturated rings. The van der Waals surface area contributed by atoms with E-state index in [9.17, 15) is 4.79 Å². The Labute approximate surface area is 132 Å². The molecular weight excluding hydrogens is 284 g/mol. The number of hydrogen-bond acceptors (Lipinski definition) is 4. The van der Waals surface area contributed by atoms with Crippen molar-refractivity contribution in [3.05, 3.63) is 18.2 Å². The molecule has 0 bridgehead atoms. The second kappa shape index (κ2) is 8.00. The van der Waals surface area contributed by atoms with Gasteiger partial charge >= 0.3 is 5.97 Å². The lowest BCUT2D eigenvalue weighted by atomic mass is 10.1. The molecule has 0 radical (unpaired) electrons. The molecule has 1 unspecified atom stereocenters. The molecule has 0 amide bonds. The summed E-state index contributed by atoms with van der Waals surface area (Å²) in [6.45, 7) is 0.891. The second-order valence-corrected chi connectivity index (χ2v) is 5.89. The molecule has 0 aliphatic rings. The molecule has 0 aliphatic carbocycles. The van der Waals surface area contributed by atoms with Gasteiger partial charge in [0.15, 0.2) is 11.5 Å². The molecule has 0 aromatic heterocycles. The minimum atomic E-state index is -0.936. The van der Waals surface area contributed by atoms with Gasteiger partial charge in [0.25, 0.3) is 0 Å². The summed E-state index contributed by atoms with van der Waals surface area (Å²) in [6.07, 6.45) is 2.20. The van der Waals surface area contributed by atoms with Crippen LogP contribution in [-0.2, 0) is 4.79 Å². The lowest BCUT2D eigenvalue weighted by Gasteiger charge is -2.30. The number of nitrogens with zero attached hydrogens (tertiary/aromatic N) is 1. The molecule has 1 aromatic carbocycles. The molecule has 6 nitrogen and oxygen atoms in total. The van der Waals surface area contributed by atoms with E-state index in [1.54, 1.807) is 14.2 Å². The molecule has 22 heavy (non-hydrogen) atoms. The number of quaternary nitrogens is 1. The molecule has 6 heteroatoms. The number of methoxy groups -OCH3 is 2. The molecule has 3 N–H and O–H groups in total. The van der Waals surface area contributed by atoms with Crippen molar-refractivity contribution in [3.8, 4) is 11.5 Å². The van der Waals surface area contributed by atoms with Crippen LogP contribution in [0, 0.1) is 0 Å². The van der Waals surface area contributed by atoms with E-state index in [1.165, 1.54) is 0 Å². The monoisotopic (exact) mass is 311 g/mol. The normalized spacial score (nSPS) is 12.8. The maximum absolute atomic E-state index is 10.7. The number of nitrogens with two attached hydrogens (primary N) is 1. The van der Waals surface area contributed by atoms with Crippen LogP contribution in [0.2, 0.25) is 0 Å². The maximum atomic E-state index is 10.7. The quantitative estimate of drug-likeness (QED) is 0.537. The SMILES string of the molecule is COc1ccc([N+](C)(C)CCCCC(N)C(=O)O)cc1OC. The Morgan fingerprint density at radius 2 is 1.86 bits per heavy atom. The minimum Gasteiger partial charge on any atom is -0.493 e. The average Bonchev–Trinajstić information content (AvgIpc) is 2.50. The summed E-state index contributed by atoms with van der Waals surface area (Å²) in [5.74, 6) is 0.478. The van der Waals surface area contributed by atoms with E-state index in [1.807, 2.05) is 18.2 Å². The number of carboxylic acid groups (broad SMARTS) is 1. The van der Waals surface area contributed by atoms with E-state index in [4.69, 9.17) is 20.3 Å². The van der Waals surface area contributed by atoms with Gasteiger partial charge in [0, 0.05) is 12.1 Å². The fraction of sp³-hybridized carbons (Fsp3) is 0.562. The molecule has 1 rings (SSSR count). The van der Waals surface area contributed by atoms with E-state index in [-0.39, 0.29) is 0 Å². The van der Waals surface area contributed by atoms with Gasteiger partial charge in [-0.15, -0.1) is 0 Å². The molecule has 0 spiro atoms.